The number of benzene rings is 2. The fourth-order valence-corrected chi connectivity index (χ4v) is 2.97. The standard InChI is InChI=1S/C24H29N3O6/c1-27(20(22(29)30)16-18-10-4-2-5-11-18)23(25)26-24(31)33-15-9-8-14-32-21(28)17-19-12-6-3-7-13-19/h2-7,10-13,20H,8-9,14-17H2,1H3,(H,29,30)(H2,25,26,31). The highest BCUT2D eigenvalue weighted by Gasteiger charge is 2.26. The highest BCUT2D eigenvalue weighted by Crippen LogP contribution is 2.08. The van der Waals surface area contributed by atoms with Crippen LogP contribution in [0.1, 0.15) is 24.0 Å². The number of hydrogen-bond donors (Lipinski definition) is 3. The molecule has 1 atom stereocenters. The predicted molar refractivity (Wildman–Crippen MR) is 122 cm³/mol. The number of carbonyl (C=O) groups excluding carboxylic acids is 2. The second-order valence-electron chi connectivity index (χ2n) is 7.35. The van der Waals surface area contributed by atoms with E-state index in [4.69, 9.17) is 14.9 Å². The van der Waals surface area contributed by atoms with E-state index in [-0.39, 0.29) is 38.0 Å². The van der Waals surface area contributed by atoms with Crippen LogP contribution in [0.4, 0.5) is 4.79 Å². The van der Waals surface area contributed by atoms with Gasteiger partial charge in [-0.3, -0.25) is 15.5 Å². The van der Waals surface area contributed by atoms with Gasteiger partial charge < -0.3 is 19.5 Å². The van der Waals surface area contributed by atoms with Gasteiger partial charge in [-0.25, -0.2) is 9.59 Å². The summed E-state index contributed by atoms with van der Waals surface area (Å²) >= 11 is 0. The SMILES string of the molecule is CN(C(=N)NC(=O)OCCCCOC(=O)Cc1ccccc1)C(Cc1ccccc1)C(=O)O. The van der Waals surface area contributed by atoms with E-state index in [1.807, 2.05) is 36.4 Å². The lowest BCUT2D eigenvalue weighted by Crippen LogP contribution is -2.50. The number of guanidine groups is 1. The second kappa shape index (κ2) is 13.5. The number of carboxylic acids is 1. The van der Waals surface area contributed by atoms with E-state index in [1.165, 1.54) is 11.9 Å². The van der Waals surface area contributed by atoms with Crippen LogP contribution in [0.5, 0.6) is 0 Å². The van der Waals surface area contributed by atoms with Crippen molar-refractivity contribution < 1.29 is 29.0 Å². The highest BCUT2D eigenvalue weighted by atomic mass is 16.5. The number of unbranched alkanes of at least 4 members (excludes halogenated alkanes) is 1. The third-order valence-electron chi connectivity index (χ3n) is 4.82. The van der Waals surface area contributed by atoms with Crippen molar-refractivity contribution in [2.45, 2.75) is 31.7 Å². The Morgan fingerprint density at radius 3 is 2.06 bits per heavy atom. The van der Waals surface area contributed by atoms with Gasteiger partial charge in [0.2, 0.25) is 5.96 Å². The molecule has 1 unspecified atom stereocenters. The number of aliphatic carboxylic acids is 1. The number of amides is 1. The molecule has 0 aliphatic heterocycles. The quantitative estimate of drug-likeness (QED) is 0.206. The lowest BCUT2D eigenvalue weighted by Gasteiger charge is -2.26. The van der Waals surface area contributed by atoms with Crippen LogP contribution in [0.2, 0.25) is 0 Å². The van der Waals surface area contributed by atoms with Crippen molar-refractivity contribution in [3.63, 3.8) is 0 Å². The van der Waals surface area contributed by atoms with Gasteiger partial charge in [0.15, 0.2) is 0 Å². The molecule has 3 N–H and O–H groups in total. The minimum Gasteiger partial charge on any atom is -0.480 e. The van der Waals surface area contributed by atoms with Gasteiger partial charge in [-0.1, -0.05) is 60.7 Å². The van der Waals surface area contributed by atoms with Gasteiger partial charge in [0.25, 0.3) is 0 Å². The first kappa shape index (κ1) is 25.4. The molecular weight excluding hydrogens is 426 g/mol. The molecule has 0 radical (unpaired) electrons. The van der Waals surface area contributed by atoms with Crippen LogP contribution < -0.4 is 5.32 Å². The first-order chi connectivity index (χ1) is 15.9. The normalized spacial score (nSPS) is 11.2. The molecular formula is C24H29N3O6. The van der Waals surface area contributed by atoms with E-state index in [0.29, 0.717) is 12.8 Å². The number of nitrogens with one attached hydrogen (secondary N) is 2. The summed E-state index contributed by atoms with van der Waals surface area (Å²) in [6, 6.07) is 17.3. The van der Waals surface area contributed by atoms with Gasteiger partial charge in [0, 0.05) is 13.5 Å². The molecule has 9 heteroatoms. The molecule has 0 aromatic heterocycles. The molecule has 2 aromatic carbocycles. The zero-order chi connectivity index (χ0) is 24.1. The average molecular weight is 456 g/mol. The number of ether oxygens (including phenoxy) is 2. The van der Waals surface area contributed by atoms with Crippen LogP contribution in [0, 0.1) is 5.41 Å². The summed E-state index contributed by atoms with van der Waals surface area (Å²) in [7, 11) is 1.42. The molecule has 1 amide bonds. The molecule has 0 heterocycles. The van der Waals surface area contributed by atoms with Gasteiger partial charge in [-0.15, -0.1) is 0 Å². The molecule has 0 spiro atoms. The van der Waals surface area contributed by atoms with Crippen molar-refractivity contribution in [1.29, 1.82) is 5.41 Å². The van der Waals surface area contributed by atoms with E-state index in [9.17, 15) is 19.5 Å². The number of esters is 1. The number of rotatable bonds is 11. The number of carboxylic acid groups (broad SMARTS) is 1. The molecule has 0 aliphatic carbocycles. The smallest absolute Gasteiger partial charge is 0.413 e. The summed E-state index contributed by atoms with van der Waals surface area (Å²) in [6.45, 7) is 0.292. The van der Waals surface area contributed by atoms with Gasteiger partial charge in [0.1, 0.15) is 6.04 Å². The van der Waals surface area contributed by atoms with Gasteiger partial charge in [0.05, 0.1) is 19.6 Å². The van der Waals surface area contributed by atoms with Crippen LogP contribution in [-0.4, -0.2) is 60.3 Å². The predicted octanol–water partition coefficient (Wildman–Crippen LogP) is 2.84. The number of alkyl carbamates (subject to hydrolysis) is 1. The summed E-state index contributed by atoms with van der Waals surface area (Å²) in [5.74, 6) is -1.80. The third kappa shape index (κ3) is 9.42. The van der Waals surface area contributed by atoms with Crippen molar-refractivity contribution in [3.05, 3.63) is 71.8 Å². The molecule has 9 nitrogen and oxygen atoms in total. The summed E-state index contributed by atoms with van der Waals surface area (Å²) in [4.78, 5) is 36.5. The maximum atomic E-state index is 11.9. The van der Waals surface area contributed by atoms with Crippen molar-refractivity contribution >= 4 is 24.0 Å². The molecule has 0 aliphatic rings. The molecule has 0 bridgehead atoms. The monoisotopic (exact) mass is 455 g/mol. The van der Waals surface area contributed by atoms with E-state index in [1.54, 1.807) is 24.3 Å². The second-order valence-corrected chi connectivity index (χ2v) is 7.35. The summed E-state index contributed by atoms with van der Waals surface area (Å²) in [5, 5.41) is 19.7. The fraction of sp³-hybridized carbons (Fsp3) is 0.333. The molecule has 2 rings (SSSR count). The van der Waals surface area contributed by atoms with Crippen LogP contribution in [-0.2, 0) is 31.9 Å². The Kier molecular flexibility index (Phi) is 10.4. The van der Waals surface area contributed by atoms with Crippen LogP contribution >= 0.6 is 0 Å². The van der Waals surface area contributed by atoms with E-state index < -0.39 is 18.1 Å². The Labute approximate surface area is 192 Å². The average Bonchev–Trinajstić information content (AvgIpc) is 2.80. The van der Waals surface area contributed by atoms with Crippen LogP contribution in [0.25, 0.3) is 0 Å². The lowest BCUT2D eigenvalue weighted by molar-refractivity contribution is -0.143. The first-order valence-electron chi connectivity index (χ1n) is 10.6. The molecule has 2 aromatic rings. The Bertz CT molecular complexity index is 920. The maximum Gasteiger partial charge on any atom is 0.413 e. The van der Waals surface area contributed by atoms with E-state index in [0.717, 1.165) is 11.1 Å². The molecule has 0 fully saturated rings. The van der Waals surface area contributed by atoms with Gasteiger partial charge in [-0.05, 0) is 24.0 Å². The Balaban J connectivity index is 1.64. The largest absolute Gasteiger partial charge is 0.480 e. The summed E-state index contributed by atoms with van der Waals surface area (Å²) in [5.41, 5.74) is 1.68. The number of likely N-dealkylation sites (N-methyl/N-ethyl adjacent to an activating group) is 1. The first-order valence-corrected chi connectivity index (χ1v) is 10.6. The summed E-state index contributed by atoms with van der Waals surface area (Å²) < 4.78 is 10.2. The number of nitrogens with zero attached hydrogens (tertiary/aromatic N) is 1. The fourth-order valence-electron chi connectivity index (χ4n) is 2.97. The molecule has 33 heavy (non-hydrogen) atoms. The Morgan fingerprint density at radius 2 is 1.48 bits per heavy atom. The van der Waals surface area contributed by atoms with Crippen molar-refractivity contribution in [2.24, 2.45) is 0 Å². The Hall–Kier alpha value is -3.88. The lowest BCUT2D eigenvalue weighted by atomic mass is 10.1. The van der Waals surface area contributed by atoms with E-state index in [2.05, 4.69) is 5.32 Å². The number of hydrogen-bond acceptors (Lipinski definition) is 6. The topological polar surface area (TPSA) is 129 Å². The van der Waals surface area contributed by atoms with E-state index >= 15 is 0 Å². The van der Waals surface area contributed by atoms with Crippen molar-refractivity contribution in [1.82, 2.24) is 10.2 Å². The highest BCUT2D eigenvalue weighted by molar-refractivity contribution is 5.94. The third-order valence-corrected chi connectivity index (χ3v) is 4.82. The summed E-state index contributed by atoms with van der Waals surface area (Å²) in [6.07, 6.45) is 0.521. The molecule has 0 saturated carbocycles. The zero-order valence-corrected chi connectivity index (χ0v) is 18.5. The zero-order valence-electron chi connectivity index (χ0n) is 18.5. The van der Waals surface area contributed by atoms with Crippen LogP contribution in [0.15, 0.2) is 60.7 Å². The minimum atomic E-state index is -1.11. The Morgan fingerprint density at radius 1 is 0.939 bits per heavy atom. The van der Waals surface area contributed by atoms with Crippen molar-refractivity contribution in [2.75, 3.05) is 20.3 Å². The minimum absolute atomic E-state index is 0.0748. The van der Waals surface area contributed by atoms with Crippen molar-refractivity contribution in [3.8, 4) is 0 Å². The molecule has 176 valence electrons. The van der Waals surface area contributed by atoms with Crippen LogP contribution in [0.3, 0.4) is 0 Å². The maximum absolute atomic E-state index is 11.9. The molecule has 0 saturated heterocycles. The van der Waals surface area contributed by atoms with Gasteiger partial charge >= 0.3 is 18.0 Å². The van der Waals surface area contributed by atoms with Gasteiger partial charge in [-0.2, -0.15) is 0 Å². The number of carbonyl (C=O) groups is 3.